The lowest BCUT2D eigenvalue weighted by atomic mass is 9.86. The highest BCUT2D eigenvalue weighted by molar-refractivity contribution is 6.35. The lowest BCUT2D eigenvalue weighted by molar-refractivity contribution is -0.154. The van der Waals surface area contributed by atoms with Crippen molar-refractivity contribution in [3.05, 3.63) is 29.3 Å². The number of aliphatic imine (C=N–C) groups is 2. The monoisotopic (exact) mass is 402 g/mol. The normalized spacial score (nSPS) is 22.2. The summed E-state index contributed by atoms with van der Waals surface area (Å²) in [5.41, 5.74) is 6.49. The van der Waals surface area contributed by atoms with E-state index >= 15 is 0 Å². The highest BCUT2D eigenvalue weighted by Gasteiger charge is 2.39. The van der Waals surface area contributed by atoms with Crippen LogP contribution in [0.3, 0.4) is 0 Å². The Kier molecular flexibility index (Phi) is 5.13. The molecule has 0 aromatic heterocycles. The number of alkyl halides is 1. The maximum absolute atomic E-state index is 11.6. The summed E-state index contributed by atoms with van der Waals surface area (Å²) in [6, 6.07) is 5.76. The Labute approximate surface area is 169 Å². The van der Waals surface area contributed by atoms with Crippen molar-refractivity contribution in [2.45, 2.75) is 37.2 Å². The van der Waals surface area contributed by atoms with Crippen molar-refractivity contribution >= 4 is 35.1 Å². The Morgan fingerprint density at radius 3 is 2.89 bits per heavy atom. The van der Waals surface area contributed by atoms with E-state index in [1.807, 2.05) is 23.1 Å². The van der Waals surface area contributed by atoms with Crippen LogP contribution in [0.15, 0.2) is 28.2 Å². The molecule has 2 unspecified atom stereocenters. The van der Waals surface area contributed by atoms with Crippen LogP contribution in [0.1, 0.15) is 31.9 Å². The topological polar surface area (TPSA) is 101 Å². The number of carbonyl (C=O) groups excluding carboxylic acids is 1. The molecule has 0 saturated heterocycles. The minimum absolute atomic E-state index is 0.124. The van der Waals surface area contributed by atoms with Crippen molar-refractivity contribution in [2.24, 2.45) is 15.7 Å². The molecule has 7 nitrogen and oxygen atoms in total. The van der Waals surface area contributed by atoms with Gasteiger partial charge in [0.2, 0.25) is 11.6 Å². The summed E-state index contributed by atoms with van der Waals surface area (Å²) in [4.78, 5) is 22.1. The Hall–Kier alpha value is -2.56. The zero-order valence-corrected chi connectivity index (χ0v) is 17.0. The summed E-state index contributed by atoms with van der Waals surface area (Å²) in [6.45, 7) is 6.65. The first-order valence-electron chi connectivity index (χ1n) is 8.84. The summed E-state index contributed by atoms with van der Waals surface area (Å²) in [5, 5.41) is 9.75. The van der Waals surface area contributed by atoms with Crippen LogP contribution in [0, 0.1) is 11.8 Å². The smallest absolute Gasteiger partial charge is 0.350 e. The zero-order chi connectivity index (χ0) is 20.7. The average Bonchev–Trinajstić information content (AvgIpc) is 2.92. The van der Waals surface area contributed by atoms with Crippen LogP contribution in [0.2, 0.25) is 0 Å². The Bertz CT molecular complexity index is 941. The number of guanidine groups is 1. The number of rotatable bonds is 1. The molecule has 0 spiro atoms. The number of hydrogen-bond acceptors (Lipinski definition) is 7. The van der Waals surface area contributed by atoms with E-state index in [4.69, 9.17) is 17.3 Å². The molecular weight excluding hydrogens is 380 g/mol. The molecule has 3 N–H and O–H groups in total. The molecule has 148 valence electrons. The molecule has 0 radical (unpaired) electrons. The van der Waals surface area contributed by atoms with Gasteiger partial charge in [-0.1, -0.05) is 31.8 Å². The lowest BCUT2D eigenvalue weighted by Gasteiger charge is -2.27. The molecule has 0 bridgehead atoms. The summed E-state index contributed by atoms with van der Waals surface area (Å²) in [5.74, 6) is 5.48. The van der Waals surface area contributed by atoms with E-state index in [-0.39, 0.29) is 16.8 Å². The van der Waals surface area contributed by atoms with E-state index in [0.29, 0.717) is 24.5 Å². The van der Waals surface area contributed by atoms with Crippen molar-refractivity contribution in [1.82, 2.24) is 0 Å². The maximum Gasteiger partial charge on any atom is 0.350 e. The largest absolute Gasteiger partial charge is 0.466 e. The molecule has 1 aromatic carbocycles. The predicted molar refractivity (Wildman–Crippen MR) is 110 cm³/mol. The van der Waals surface area contributed by atoms with Crippen molar-refractivity contribution in [3.8, 4) is 11.8 Å². The fourth-order valence-corrected chi connectivity index (χ4v) is 3.56. The molecule has 0 fully saturated rings. The van der Waals surface area contributed by atoms with Crippen LogP contribution in [-0.4, -0.2) is 54.0 Å². The number of fused-ring (bicyclic) bond motifs is 1. The van der Waals surface area contributed by atoms with Gasteiger partial charge in [-0.2, -0.15) is 4.99 Å². The van der Waals surface area contributed by atoms with E-state index < -0.39 is 11.6 Å². The van der Waals surface area contributed by atoms with Crippen LogP contribution in [-0.2, 0) is 14.9 Å². The van der Waals surface area contributed by atoms with Gasteiger partial charge in [0.1, 0.15) is 11.2 Å². The van der Waals surface area contributed by atoms with Gasteiger partial charge in [0.05, 0.1) is 13.7 Å². The third-order valence-corrected chi connectivity index (χ3v) is 5.14. The highest BCUT2D eigenvalue weighted by Crippen LogP contribution is 2.41. The molecule has 2 heterocycles. The van der Waals surface area contributed by atoms with Crippen molar-refractivity contribution < 1.29 is 14.6 Å². The van der Waals surface area contributed by atoms with Crippen LogP contribution in [0.4, 0.5) is 5.69 Å². The number of carbonyl (C=O) groups is 1. The molecule has 2 aliphatic heterocycles. The number of aliphatic hydroxyl groups is 1. The molecule has 2 atom stereocenters. The van der Waals surface area contributed by atoms with E-state index in [0.717, 1.165) is 11.3 Å². The third-order valence-electron chi connectivity index (χ3n) is 4.80. The number of methoxy groups -OCH3 is 1. The van der Waals surface area contributed by atoms with Gasteiger partial charge < -0.3 is 20.5 Å². The van der Waals surface area contributed by atoms with Crippen LogP contribution >= 0.6 is 11.6 Å². The molecule has 2 aliphatic rings. The minimum Gasteiger partial charge on any atom is -0.466 e. The first-order valence-corrected chi connectivity index (χ1v) is 9.27. The number of amidine groups is 1. The number of ether oxygens (including phenoxy) is 1. The first kappa shape index (κ1) is 20.2. The molecule has 0 aliphatic carbocycles. The van der Waals surface area contributed by atoms with Gasteiger partial charge >= 0.3 is 5.97 Å². The van der Waals surface area contributed by atoms with E-state index in [1.54, 1.807) is 0 Å². The number of nitrogens with two attached hydrogens (primary N) is 1. The molecule has 1 aromatic rings. The first-order chi connectivity index (χ1) is 13.0. The fourth-order valence-electron chi connectivity index (χ4n) is 3.33. The van der Waals surface area contributed by atoms with Crippen LogP contribution in [0.5, 0.6) is 0 Å². The van der Waals surface area contributed by atoms with Gasteiger partial charge in [0.15, 0.2) is 0 Å². The van der Waals surface area contributed by atoms with E-state index in [1.165, 1.54) is 14.0 Å². The summed E-state index contributed by atoms with van der Waals surface area (Å²) >= 11 is 6.45. The zero-order valence-electron chi connectivity index (χ0n) is 16.3. The highest BCUT2D eigenvalue weighted by atomic mass is 35.5. The summed E-state index contributed by atoms with van der Waals surface area (Å²) < 4.78 is 4.57. The standard InChI is InChI=1S/C20H23ClN4O3/c1-19(2)11-25(16-14(21)10-23-18(22)24-16)15-9-12(5-6-13(15)19)7-8-20(3,27)17(26)28-4/h5-6,9,14,27H,10-11H2,1-4H3,(H2,22,23). The van der Waals surface area contributed by atoms with Crippen molar-refractivity contribution in [2.75, 3.05) is 25.1 Å². The van der Waals surface area contributed by atoms with Gasteiger partial charge in [-0.25, -0.2) is 9.79 Å². The van der Waals surface area contributed by atoms with Crippen molar-refractivity contribution in [3.63, 3.8) is 0 Å². The number of esters is 1. The number of nitrogens with zero attached hydrogens (tertiary/aromatic N) is 3. The third kappa shape index (κ3) is 3.71. The van der Waals surface area contributed by atoms with Gasteiger partial charge in [-0.05, 0) is 24.6 Å². The van der Waals surface area contributed by atoms with Gasteiger partial charge in [0.25, 0.3) is 0 Å². The molecule has 8 heteroatoms. The van der Waals surface area contributed by atoms with Gasteiger partial charge in [0, 0.05) is 23.2 Å². The Morgan fingerprint density at radius 1 is 1.50 bits per heavy atom. The molecule has 28 heavy (non-hydrogen) atoms. The summed E-state index contributed by atoms with van der Waals surface area (Å²) in [7, 11) is 1.20. The molecule has 0 saturated carbocycles. The predicted octanol–water partition coefficient (Wildman–Crippen LogP) is 1.39. The SMILES string of the molecule is COC(=O)C(C)(O)C#Cc1ccc2c(c1)N(C1=NC(N)=NCC1Cl)CC2(C)C. The van der Waals surface area contributed by atoms with Gasteiger partial charge in [-0.15, -0.1) is 11.6 Å². The van der Waals surface area contributed by atoms with E-state index in [2.05, 4.69) is 40.4 Å². The van der Waals surface area contributed by atoms with Gasteiger partial charge in [-0.3, -0.25) is 0 Å². The average molecular weight is 403 g/mol. The molecular formula is C20H23ClN4O3. The number of halogens is 1. The summed E-state index contributed by atoms with van der Waals surface area (Å²) in [6.07, 6.45) is 0. The van der Waals surface area contributed by atoms with E-state index in [9.17, 15) is 9.90 Å². The maximum atomic E-state index is 11.6. The number of anilines is 1. The number of hydrogen-bond donors (Lipinski definition) is 2. The van der Waals surface area contributed by atoms with Crippen molar-refractivity contribution in [1.29, 1.82) is 0 Å². The fraction of sp³-hybridized carbons (Fsp3) is 0.450. The Balaban J connectivity index is 2.02. The number of benzene rings is 1. The second kappa shape index (κ2) is 7.12. The quantitative estimate of drug-likeness (QED) is 0.420. The molecule has 3 rings (SSSR count). The lowest BCUT2D eigenvalue weighted by Crippen LogP contribution is -2.43. The van der Waals surface area contributed by atoms with Crippen LogP contribution in [0.25, 0.3) is 0 Å². The minimum atomic E-state index is -1.88. The second-order valence-electron chi connectivity index (χ2n) is 7.65. The molecule has 0 amide bonds. The van der Waals surface area contributed by atoms with Crippen LogP contribution < -0.4 is 10.6 Å². The Morgan fingerprint density at radius 2 is 2.21 bits per heavy atom. The second-order valence-corrected chi connectivity index (χ2v) is 8.18.